The Bertz CT molecular complexity index is 818. The zero-order valence-corrected chi connectivity index (χ0v) is 14.9. The van der Waals surface area contributed by atoms with E-state index in [1.54, 1.807) is 6.20 Å². The van der Waals surface area contributed by atoms with E-state index in [4.69, 9.17) is 11.6 Å². The number of aromatic nitrogens is 2. The molecule has 4 nitrogen and oxygen atoms in total. The third-order valence-corrected chi connectivity index (χ3v) is 4.07. The van der Waals surface area contributed by atoms with Crippen LogP contribution in [0.1, 0.15) is 16.7 Å². The summed E-state index contributed by atoms with van der Waals surface area (Å²) in [6, 6.07) is 18.2. The average Bonchev–Trinajstić information content (AvgIpc) is 2.62. The maximum Gasteiger partial charge on any atom is 0.224 e. The molecular weight excluding hydrogens is 332 g/mol. The molecule has 3 aromatic rings. The van der Waals surface area contributed by atoms with Gasteiger partial charge in [0.15, 0.2) is 0 Å². The Hall–Kier alpha value is -2.59. The monoisotopic (exact) mass is 352 g/mol. The van der Waals surface area contributed by atoms with Crippen LogP contribution in [0.15, 0.2) is 60.8 Å². The van der Waals surface area contributed by atoms with E-state index in [2.05, 4.69) is 57.9 Å². The molecule has 0 bridgehead atoms. The van der Waals surface area contributed by atoms with Crippen LogP contribution in [-0.2, 0) is 13.0 Å². The Balaban J connectivity index is 1.51. The lowest BCUT2D eigenvalue weighted by molar-refractivity contribution is 0.979. The molecule has 0 unspecified atom stereocenters. The van der Waals surface area contributed by atoms with Gasteiger partial charge in [0.25, 0.3) is 0 Å². The standard InChI is InChI=1S/C20H21ClN4/c1-15-5-7-17(8-6-15)14-24-19-10-12-23-20(25-19)22-11-9-16-3-2-4-18(21)13-16/h2-8,10,12-13H,9,11,14H2,1H3,(H2,22,23,24,25). The van der Waals surface area contributed by atoms with Crippen LogP contribution in [0.4, 0.5) is 11.8 Å². The van der Waals surface area contributed by atoms with Gasteiger partial charge in [0.1, 0.15) is 5.82 Å². The van der Waals surface area contributed by atoms with Crippen LogP contribution in [0.25, 0.3) is 0 Å². The van der Waals surface area contributed by atoms with Gasteiger partial charge in [0, 0.05) is 24.3 Å². The zero-order chi connectivity index (χ0) is 17.5. The number of halogens is 1. The summed E-state index contributed by atoms with van der Waals surface area (Å²) in [6.45, 7) is 3.57. The van der Waals surface area contributed by atoms with Crippen molar-refractivity contribution in [3.63, 3.8) is 0 Å². The molecule has 0 atom stereocenters. The normalized spacial score (nSPS) is 10.5. The van der Waals surface area contributed by atoms with Gasteiger partial charge < -0.3 is 10.6 Å². The second-order valence-electron chi connectivity index (χ2n) is 5.91. The number of hydrogen-bond donors (Lipinski definition) is 2. The molecule has 25 heavy (non-hydrogen) atoms. The molecule has 0 aliphatic rings. The van der Waals surface area contributed by atoms with Gasteiger partial charge in [-0.2, -0.15) is 4.98 Å². The fourth-order valence-corrected chi connectivity index (χ4v) is 2.66. The van der Waals surface area contributed by atoms with Gasteiger partial charge in [-0.1, -0.05) is 53.6 Å². The van der Waals surface area contributed by atoms with Crippen molar-refractivity contribution in [1.29, 1.82) is 0 Å². The Morgan fingerprint density at radius 1 is 0.960 bits per heavy atom. The number of nitrogens with zero attached hydrogens (tertiary/aromatic N) is 2. The van der Waals surface area contributed by atoms with Crippen molar-refractivity contribution in [3.05, 3.63) is 82.5 Å². The second-order valence-corrected chi connectivity index (χ2v) is 6.35. The van der Waals surface area contributed by atoms with E-state index in [0.29, 0.717) is 5.95 Å². The minimum absolute atomic E-state index is 0.621. The highest BCUT2D eigenvalue weighted by Gasteiger charge is 2.00. The molecule has 0 amide bonds. The van der Waals surface area contributed by atoms with E-state index >= 15 is 0 Å². The van der Waals surface area contributed by atoms with Crippen molar-refractivity contribution in [2.75, 3.05) is 17.2 Å². The lowest BCUT2D eigenvalue weighted by Gasteiger charge is -2.09. The summed E-state index contributed by atoms with van der Waals surface area (Å²) in [5.74, 6) is 1.43. The molecule has 0 radical (unpaired) electrons. The molecule has 5 heteroatoms. The van der Waals surface area contributed by atoms with Crippen LogP contribution in [0.5, 0.6) is 0 Å². The van der Waals surface area contributed by atoms with E-state index in [0.717, 1.165) is 30.4 Å². The van der Waals surface area contributed by atoms with Crippen molar-refractivity contribution in [2.45, 2.75) is 19.9 Å². The van der Waals surface area contributed by atoms with Crippen molar-refractivity contribution >= 4 is 23.4 Å². The first-order valence-electron chi connectivity index (χ1n) is 8.30. The second kappa shape index (κ2) is 8.49. The summed E-state index contributed by atoms with van der Waals surface area (Å²) in [6.07, 6.45) is 2.62. The smallest absolute Gasteiger partial charge is 0.224 e. The summed E-state index contributed by atoms with van der Waals surface area (Å²) in [5, 5.41) is 7.34. The Labute approximate surface area is 153 Å². The van der Waals surface area contributed by atoms with Gasteiger partial charge in [-0.15, -0.1) is 0 Å². The van der Waals surface area contributed by atoms with Crippen molar-refractivity contribution < 1.29 is 0 Å². The van der Waals surface area contributed by atoms with Crippen LogP contribution < -0.4 is 10.6 Å². The number of hydrogen-bond acceptors (Lipinski definition) is 4. The highest BCUT2D eigenvalue weighted by atomic mass is 35.5. The lowest BCUT2D eigenvalue weighted by atomic mass is 10.1. The first-order chi connectivity index (χ1) is 12.2. The Morgan fingerprint density at radius 2 is 1.80 bits per heavy atom. The van der Waals surface area contributed by atoms with Gasteiger partial charge in [-0.3, -0.25) is 0 Å². The lowest BCUT2D eigenvalue weighted by Crippen LogP contribution is -2.09. The largest absolute Gasteiger partial charge is 0.366 e. The highest BCUT2D eigenvalue weighted by Crippen LogP contribution is 2.12. The molecule has 128 valence electrons. The van der Waals surface area contributed by atoms with Crippen LogP contribution >= 0.6 is 11.6 Å². The molecule has 1 aromatic heterocycles. The fraction of sp³-hybridized carbons (Fsp3) is 0.200. The van der Waals surface area contributed by atoms with E-state index in [1.165, 1.54) is 16.7 Å². The minimum atomic E-state index is 0.621. The average molecular weight is 353 g/mol. The molecule has 0 spiro atoms. The molecule has 2 N–H and O–H groups in total. The van der Waals surface area contributed by atoms with Crippen molar-refractivity contribution in [2.24, 2.45) is 0 Å². The van der Waals surface area contributed by atoms with Crippen molar-refractivity contribution in [1.82, 2.24) is 9.97 Å². The molecule has 3 rings (SSSR count). The van der Waals surface area contributed by atoms with Crippen LogP contribution in [-0.4, -0.2) is 16.5 Å². The van der Waals surface area contributed by atoms with Crippen LogP contribution in [0.3, 0.4) is 0 Å². The molecular formula is C20H21ClN4. The summed E-state index contributed by atoms with van der Waals surface area (Å²) < 4.78 is 0. The Kier molecular flexibility index (Phi) is 5.86. The van der Waals surface area contributed by atoms with Crippen molar-refractivity contribution in [3.8, 4) is 0 Å². The number of anilines is 2. The molecule has 0 saturated heterocycles. The summed E-state index contributed by atoms with van der Waals surface area (Å²) in [4.78, 5) is 8.76. The van der Waals surface area contributed by atoms with E-state index < -0.39 is 0 Å². The Morgan fingerprint density at radius 3 is 2.60 bits per heavy atom. The summed E-state index contributed by atoms with van der Waals surface area (Å²) in [7, 11) is 0. The third kappa shape index (κ3) is 5.47. The van der Waals surface area contributed by atoms with Crippen LogP contribution in [0.2, 0.25) is 5.02 Å². The summed E-state index contributed by atoms with van der Waals surface area (Å²) >= 11 is 6.00. The quantitative estimate of drug-likeness (QED) is 0.646. The predicted molar refractivity (Wildman–Crippen MR) is 104 cm³/mol. The van der Waals surface area contributed by atoms with Gasteiger partial charge in [0.2, 0.25) is 5.95 Å². The molecule has 2 aromatic carbocycles. The molecule has 0 saturated carbocycles. The maximum absolute atomic E-state index is 6.00. The fourth-order valence-electron chi connectivity index (χ4n) is 2.45. The number of aryl methyl sites for hydroxylation is 1. The zero-order valence-electron chi connectivity index (χ0n) is 14.2. The SMILES string of the molecule is Cc1ccc(CNc2ccnc(NCCc3cccc(Cl)c3)n2)cc1. The van der Waals surface area contributed by atoms with E-state index in [-0.39, 0.29) is 0 Å². The topological polar surface area (TPSA) is 49.8 Å². The third-order valence-electron chi connectivity index (χ3n) is 3.84. The maximum atomic E-state index is 6.00. The molecule has 0 aliphatic heterocycles. The predicted octanol–water partition coefficient (Wildman–Crippen LogP) is 4.71. The van der Waals surface area contributed by atoms with Gasteiger partial charge in [0.05, 0.1) is 0 Å². The van der Waals surface area contributed by atoms with E-state index in [1.807, 2.05) is 24.3 Å². The molecule has 0 aliphatic carbocycles. The van der Waals surface area contributed by atoms with Gasteiger partial charge in [-0.25, -0.2) is 4.98 Å². The first-order valence-corrected chi connectivity index (χ1v) is 8.67. The minimum Gasteiger partial charge on any atom is -0.366 e. The number of nitrogens with one attached hydrogen (secondary N) is 2. The number of benzene rings is 2. The van der Waals surface area contributed by atoms with Gasteiger partial charge in [-0.05, 0) is 42.7 Å². The van der Waals surface area contributed by atoms with Gasteiger partial charge >= 0.3 is 0 Å². The highest BCUT2D eigenvalue weighted by molar-refractivity contribution is 6.30. The summed E-state index contributed by atoms with van der Waals surface area (Å²) in [5.41, 5.74) is 3.67. The van der Waals surface area contributed by atoms with E-state index in [9.17, 15) is 0 Å². The number of rotatable bonds is 7. The molecule has 0 fully saturated rings. The van der Waals surface area contributed by atoms with Crippen LogP contribution in [0, 0.1) is 6.92 Å². The first kappa shape index (κ1) is 17.2. The molecule has 1 heterocycles.